The Bertz CT molecular complexity index is 1080. The smallest absolute Gasteiger partial charge is 0.234 e. The van der Waals surface area contributed by atoms with Crippen LogP contribution >= 0.6 is 12.8 Å². The quantitative estimate of drug-likeness (QED) is 0.166. The van der Waals surface area contributed by atoms with Crippen molar-refractivity contribution in [3.63, 3.8) is 0 Å². The molecule has 0 aromatic carbocycles. The fourth-order valence-electron chi connectivity index (χ4n) is 3.25. The van der Waals surface area contributed by atoms with Gasteiger partial charge < -0.3 is 10.1 Å². The van der Waals surface area contributed by atoms with Gasteiger partial charge in [-0.15, -0.1) is 0 Å². The molecular formula is C23H30N7O3S+. The average Bonchev–Trinajstić information content (AvgIpc) is 3.66. The summed E-state index contributed by atoms with van der Waals surface area (Å²) in [5.74, 6) is 0.203. The van der Waals surface area contributed by atoms with E-state index in [0.29, 0.717) is 29.5 Å². The van der Waals surface area contributed by atoms with E-state index in [-0.39, 0.29) is 17.8 Å². The van der Waals surface area contributed by atoms with Gasteiger partial charge in [0, 0.05) is 24.6 Å². The number of hydrogen-bond acceptors (Lipinski definition) is 9. The molecule has 1 fully saturated rings. The number of nitrogens with zero attached hydrogens (tertiary/aromatic N) is 5. The zero-order valence-corrected chi connectivity index (χ0v) is 20.4. The Morgan fingerprint density at radius 3 is 2.76 bits per heavy atom. The van der Waals surface area contributed by atoms with Crippen LogP contribution in [0.1, 0.15) is 33.1 Å². The largest absolute Gasteiger partial charge is 0.480 e. The van der Waals surface area contributed by atoms with Crippen molar-refractivity contribution in [2.24, 2.45) is 10.9 Å². The van der Waals surface area contributed by atoms with Crippen LogP contribution in [0.5, 0.6) is 5.88 Å². The summed E-state index contributed by atoms with van der Waals surface area (Å²) in [6.07, 6.45) is 10.5. The average molecular weight is 485 g/mol. The number of nitrogens with one attached hydrogen (secondary N) is 2. The van der Waals surface area contributed by atoms with Gasteiger partial charge in [0.15, 0.2) is 11.9 Å². The van der Waals surface area contributed by atoms with Crippen LogP contribution in [0, 0.1) is 5.92 Å². The fraction of sp³-hybridized carbons (Fsp3) is 0.348. The topological polar surface area (TPSA) is 122 Å². The van der Waals surface area contributed by atoms with Gasteiger partial charge in [0.05, 0.1) is 36.8 Å². The van der Waals surface area contributed by atoms with E-state index in [1.165, 1.54) is 13.3 Å². The molecule has 1 aliphatic rings. The van der Waals surface area contributed by atoms with Gasteiger partial charge in [0.25, 0.3) is 0 Å². The van der Waals surface area contributed by atoms with E-state index < -0.39 is 10.1 Å². The van der Waals surface area contributed by atoms with E-state index in [4.69, 9.17) is 4.74 Å². The van der Waals surface area contributed by atoms with Crippen LogP contribution < -0.4 is 15.5 Å². The number of carbonyl (C=O) groups is 1. The number of carbonyl (C=O) groups excluding carboxylic acids is 1. The number of aliphatic imine (C=N–C) groups is 1. The van der Waals surface area contributed by atoms with Crippen LogP contribution in [0.25, 0.3) is 11.3 Å². The highest BCUT2D eigenvalue weighted by molar-refractivity contribution is 7.74. The molecule has 0 spiro atoms. The van der Waals surface area contributed by atoms with Crippen LogP contribution in [0.15, 0.2) is 60.3 Å². The minimum atomic E-state index is -0.678. The molecule has 10 nitrogen and oxygen atoms in total. The molecule has 180 valence electrons. The first-order valence-corrected chi connectivity index (χ1v) is 11.3. The Hall–Kier alpha value is -3.28. The second-order valence-corrected chi connectivity index (χ2v) is 8.41. The van der Waals surface area contributed by atoms with E-state index in [1.54, 1.807) is 36.7 Å². The first kappa shape index (κ1) is 25.3. The first-order chi connectivity index (χ1) is 16.3. The molecular weight excluding hydrogens is 454 g/mol. The fourth-order valence-corrected chi connectivity index (χ4v) is 3.59. The Morgan fingerprint density at radius 2 is 2.18 bits per heavy atom. The number of pyridine rings is 1. The van der Waals surface area contributed by atoms with Crippen LogP contribution in [0.2, 0.25) is 0 Å². The number of quaternary nitrogens is 1. The molecule has 0 saturated heterocycles. The second-order valence-electron chi connectivity index (χ2n) is 7.80. The summed E-state index contributed by atoms with van der Waals surface area (Å²) in [4.78, 5) is 30.3. The predicted octanol–water partition coefficient (Wildman–Crippen LogP) is 3.72. The van der Waals surface area contributed by atoms with Crippen LogP contribution in [0.3, 0.4) is 0 Å². The number of ether oxygens (including phenoxy) is 1. The Morgan fingerprint density at radius 1 is 1.41 bits per heavy atom. The summed E-state index contributed by atoms with van der Waals surface area (Å²) in [5.41, 5.74) is 4.64. The highest BCUT2D eigenvalue weighted by Gasteiger charge is 2.44. The molecule has 1 amide bonds. The van der Waals surface area contributed by atoms with Gasteiger partial charge in [0.1, 0.15) is 18.6 Å². The van der Waals surface area contributed by atoms with E-state index in [2.05, 4.69) is 50.1 Å². The SMILES string of the molecule is C=C(/N=C(\C=C/C)C(CC)C(=O)Nc1ccc(-c2cncc(OC)n2)cn1)N[N+](O)(S)C1CC1. The molecule has 1 saturated carbocycles. The molecule has 3 N–H and O–H groups in total. The summed E-state index contributed by atoms with van der Waals surface area (Å²) in [5, 5.41) is 13.2. The molecule has 2 heterocycles. The maximum atomic E-state index is 13.1. The molecule has 2 aromatic rings. The first-order valence-electron chi connectivity index (χ1n) is 10.9. The van der Waals surface area contributed by atoms with Gasteiger partial charge in [-0.25, -0.2) is 15.0 Å². The third kappa shape index (κ3) is 6.62. The van der Waals surface area contributed by atoms with Crippen molar-refractivity contribution >= 4 is 30.3 Å². The van der Waals surface area contributed by atoms with Gasteiger partial charge in [-0.3, -0.25) is 9.78 Å². The van der Waals surface area contributed by atoms with Crippen molar-refractivity contribution in [1.82, 2.24) is 20.4 Å². The lowest BCUT2D eigenvalue weighted by atomic mass is 9.98. The minimum absolute atomic E-state index is 0.0114. The molecule has 0 bridgehead atoms. The Kier molecular flexibility index (Phi) is 8.37. The number of rotatable bonds is 11. The maximum Gasteiger partial charge on any atom is 0.234 e. The van der Waals surface area contributed by atoms with Crippen molar-refractivity contribution in [1.29, 1.82) is 0 Å². The standard InChI is InChI=1S/C23H29N7O3S/c1-5-7-19(26-15(3)29-30(32,34)17-9-10-17)18(6-2)23(31)28-21-11-8-16(12-25-21)20-13-24-14-22(27-20)33-4/h5,7-8,11-14,17-18,29,32,34H,3,6,9-10H2,1-2,4H3/p+1/b7-5-,26-19+. The third-order valence-electron chi connectivity index (χ3n) is 5.16. The number of methoxy groups -OCH3 is 1. The van der Waals surface area contributed by atoms with Crippen LogP contribution in [0.4, 0.5) is 5.82 Å². The molecule has 2 aromatic heterocycles. The second kappa shape index (κ2) is 11.2. The van der Waals surface area contributed by atoms with Crippen LogP contribution in [-0.4, -0.2) is 49.1 Å². The van der Waals surface area contributed by atoms with Gasteiger partial charge in [-0.1, -0.05) is 19.6 Å². The van der Waals surface area contributed by atoms with Gasteiger partial charge in [-0.05, 0) is 35.7 Å². The van der Waals surface area contributed by atoms with Gasteiger partial charge in [0.2, 0.25) is 11.8 Å². The lowest BCUT2D eigenvalue weighted by Crippen LogP contribution is -2.48. The molecule has 34 heavy (non-hydrogen) atoms. The lowest BCUT2D eigenvalue weighted by molar-refractivity contribution is -1.03. The van der Waals surface area contributed by atoms with Crippen molar-refractivity contribution in [3.8, 4) is 17.1 Å². The Balaban J connectivity index is 1.71. The monoisotopic (exact) mass is 484 g/mol. The van der Waals surface area contributed by atoms with E-state index in [0.717, 1.165) is 18.4 Å². The zero-order chi connectivity index (χ0) is 24.7. The highest BCUT2D eigenvalue weighted by Crippen LogP contribution is 2.32. The molecule has 2 atom stereocenters. The number of aromatic nitrogens is 3. The number of hydrogen-bond donors (Lipinski definition) is 4. The summed E-state index contributed by atoms with van der Waals surface area (Å²) < 4.78 is 4.43. The van der Waals surface area contributed by atoms with E-state index >= 15 is 0 Å². The molecule has 1 aliphatic carbocycles. The molecule has 2 unspecified atom stereocenters. The third-order valence-corrected chi connectivity index (χ3v) is 5.59. The molecule has 0 radical (unpaired) electrons. The van der Waals surface area contributed by atoms with E-state index in [9.17, 15) is 10.0 Å². The zero-order valence-electron chi connectivity index (χ0n) is 19.5. The molecule has 11 heteroatoms. The maximum absolute atomic E-state index is 13.1. The van der Waals surface area contributed by atoms with Crippen molar-refractivity contribution < 1.29 is 18.9 Å². The van der Waals surface area contributed by atoms with Crippen molar-refractivity contribution in [3.05, 3.63) is 55.3 Å². The minimum Gasteiger partial charge on any atom is -0.480 e. The lowest BCUT2D eigenvalue weighted by Gasteiger charge is -2.23. The predicted molar refractivity (Wildman–Crippen MR) is 133 cm³/mol. The number of thiol groups is 1. The van der Waals surface area contributed by atoms with Gasteiger partial charge in [-0.2, -0.15) is 10.6 Å². The molecule has 3 rings (SSSR count). The van der Waals surface area contributed by atoms with E-state index in [1.807, 2.05) is 13.8 Å². The summed E-state index contributed by atoms with van der Waals surface area (Å²) in [7, 11) is 1.52. The van der Waals surface area contributed by atoms with Crippen LogP contribution in [-0.2, 0) is 4.79 Å². The highest BCUT2D eigenvalue weighted by atomic mass is 32.1. The van der Waals surface area contributed by atoms with Crippen molar-refractivity contribution in [2.45, 2.75) is 39.2 Å². The molecule has 0 aliphatic heterocycles. The number of hydroxylamine groups is 1. The van der Waals surface area contributed by atoms with Crippen molar-refractivity contribution in [2.75, 3.05) is 12.4 Å². The van der Waals surface area contributed by atoms with Gasteiger partial charge >= 0.3 is 0 Å². The number of anilines is 1. The summed E-state index contributed by atoms with van der Waals surface area (Å²) in [6.45, 7) is 7.60. The number of amides is 1. The summed E-state index contributed by atoms with van der Waals surface area (Å²) in [6, 6.07) is 3.48. The normalized spacial score (nSPS) is 16.6. The summed E-state index contributed by atoms with van der Waals surface area (Å²) >= 11 is 4.22. The Labute approximate surface area is 204 Å². The number of allylic oxidation sites excluding steroid dienone is 2.